The number of hydrogen-bond acceptors (Lipinski definition) is 4. The van der Waals surface area contributed by atoms with Crippen LogP contribution in [0, 0.1) is 0 Å². The lowest BCUT2D eigenvalue weighted by Gasteiger charge is -2.21. The highest BCUT2D eigenvalue weighted by atomic mass is 16.5. The third kappa shape index (κ3) is 3.84. The molecule has 2 aromatic rings. The molecule has 1 aliphatic heterocycles. The van der Waals surface area contributed by atoms with Crippen LogP contribution in [0.25, 0.3) is 0 Å². The Bertz CT molecular complexity index is 826. The van der Waals surface area contributed by atoms with Gasteiger partial charge in [0.25, 0.3) is 11.8 Å². The molecule has 0 aromatic heterocycles. The minimum absolute atomic E-state index is 0.329. The van der Waals surface area contributed by atoms with E-state index in [2.05, 4.69) is 12.2 Å². The van der Waals surface area contributed by atoms with E-state index in [-0.39, 0.29) is 0 Å². The van der Waals surface area contributed by atoms with Crippen molar-refractivity contribution in [2.45, 2.75) is 32.7 Å². The van der Waals surface area contributed by atoms with Crippen molar-refractivity contribution in [2.24, 2.45) is 0 Å². The molecule has 1 aliphatic rings. The lowest BCUT2D eigenvalue weighted by Crippen LogP contribution is -2.45. The predicted octanol–water partition coefficient (Wildman–Crippen LogP) is 3.49. The lowest BCUT2D eigenvalue weighted by molar-refractivity contribution is -0.119. The zero-order chi connectivity index (χ0) is 19.4. The van der Waals surface area contributed by atoms with Crippen LogP contribution in [0.5, 0.6) is 5.75 Å². The normalized spacial score (nSPS) is 14.1. The van der Waals surface area contributed by atoms with Crippen LogP contribution in [-0.2, 0) is 4.79 Å². The maximum absolute atomic E-state index is 12.5. The fourth-order valence-corrected chi connectivity index (χ4v) is 2.89. The SMILES string of the molecule is CCCCOc1ccc(NC(=O)C(C)N2C(=O)c3ccccc3C2=O)cc1. The van der Waals surface area contributed by atoms with E-state index in [4.69, 9.17) is 4.74 Å². The van der Waals surface area contributed by atoms with E-state index in [1.165, 1.54) is 0 Å². The summed E-state index contributed by atoms with van der Waals surface area (Å²) in [5.74, 6) is -0.588. The molecule has 0 bridgehead atoms. The molecule has 0 fully saturated rings. The van der Waals surface area contributed by atoms with Crippen molar-refractivity contribution < 1.29 is 19.1 Å². The van der Waals surface area contributed by atoms with Gasteiger partial charge in [-0.1, -0.05) is 25.5 Å². The molecule has 0 aliphatic carbocycles. The number of ether oxygens (including phenoxy) is 1. The van der Waals surface area contributed by atoms with E-state index in [1.54, 1.807) is 55.5 Å². The smallest absolute Gasteiger partial charge is 0.262 e. The van der Waals surface area contributed by atoms with Crippen LogP contribution in [0.2, 0.25) is 0 Å². The average molecular weight is 366 g/mol. The van der Waals surface area contributed by atoms with Gasteiger partial charge in [0.05, 0.1) is 17.7 Å². The first kappa shape index (κ1) is 18.6. The Balaban J connectivity index is 1.65. The number of hydrogen-bond donors (Lipinski definition) is 1. The molecule has 0 saturated carbocycles. The highest BCUT2D eigenvalue weighted by Crippen LogP contribution is 2.25. The van der Waals surface area contributed by atoms with Gasteiger partial charge in [-0.3, -0.25) is 19.3 Å². The fraction of sp³-hybridized carbons (Fsp3) is 0.286. The summed E-state index contributed by atoms with van der Waals surface area (Å²) in [6.07, 6.45) is 2.04. The summed E-state index contributed by atoms with van der Waals surface area (Å²) < 4.78 is 5.59. The summed E-state index contributed by atoms with van der Waals surface area (Å²) in [5, 5.41) is 2.74. The number of amides is 3. The predicted molar refractivity (Wildman–Crippen MR) is 102 cm³/mol. The average Bonchev–Trinajstić information content (AvgIpc) is 2.94. The molecule has 0 saturated heterocycles. The number of nitrogens with zero attached hydrogens (tertiary/aromatic N) is 1. The summed E-state index contributed by atoms with van der Waals surface area (Å²) in [5.41, 5.74) is 1.23. The van der Waals surface area contributed by atoms with Crippen molar-refractivity contribution in [3.8, 4) is 5.75 Å². The van der Waals surface area contributed by atoms with E-state index in [9.17, 15) is 14.4 Å². The molecule has 3 rings (SSSR count). The highest BCUT2D eigenvalue weighted by Gasteiger charge is 2.40. The van der Waals surface area contributed by atoms with Crippen LogP contribution >= 0.6 is 0 Å². The molecule has 2 aromatic carbocycles. The lowest BCUT2D eigenvalue weighted by atomic mass is 10.1. The third-order valence-electron chi connectivity index (χ3n) is 4.48. The first-order valence-corrected chi connectivity index (χ1v) is 9.03. The van der Waals surface area contributed by atoms with Crippen molar-refractivity contribution in [1.82, 2.24) is 4.90 Å². The number of carbonyl (C=O) groups excluding carboxylic acids is 3. The summed E-state index contributed by atoms with van der Waals surface area (Å²) in [4.78, 5) is 38.5. The van der Waals surface area contributed by atoms with Gasteiger partial charge in [0.2, 0.25) is 5.91 Å². The van der Waals surface area contributed by atoms with Crippen molar-refractivity contribution in [3.63, 3.8) is 0 Å². The molecule has 140 valence electrons. The molecule has 6 nitrogen and oxygen atoms in total. The maximum atomic E-state index is 12.5. The number of fused-ring (bicyclic) bond motifs is 1. The van der Waals surface area contributed by atoms with Gasteiger partial charge in [-0.15, -0.1) is 0 Å². The van der Waals surface area contributed by atoms with E-state index in [0.717, 1.165) is 23.5 Å². The van der Waals surface area contributed by atoms with Gasteiger partial charge < -0.3 is 10.1 Å². The molecule has 6 heteroatoms. The molecule has 0 spiro atoms. The van der Waals surface area contributed by atoms with E-state index in [0.29, 0.717) is 23.4 Å². The number of anilines is 1. The van der Waals surface area contributed by atoms with Gasteiger partial charge in [-0.25, -0.2) is 0 Å². The standard InChI is InChI=1S/C21H22N2O4/c1-3-4-13-27-16-11-9-15(10-12-16)22-19(24)14(2)23-20(25)17-7-5-6-8-18(17)21(23)26/h5-12,14H,3-4,13H2,1-2H3,(H,22,24). The number of carbonyl (C=O) groups is 3. The summed E-state index contributed by atoms with van der Waals surface area (Å²) >= 11 is 0. The number of rotatable bonds is 7. The van der Waals surface area contributed by atoms with Gasteiger partial charge in [-0.2, -0.15) is 0 Å². The largest absolute Gasteiger partial charge is 0.494 e. The van der Waals surface area contributed by atoms with Gasteiger partial charge >= 0.3 is 0 Å². The molecular weight excluding hydrogens is 344 g/mol. The quantitative estimate of drug-likeness (QED) is 0.601. The first-order chi connectivity index (χ1) is 13.0. The van der Waals surface area contributed by atoms with E-state index >= 15 is 0 Å². The first-order valence-electron chi connectivity index (χ1n) is 9.03. The maximum Gasteiger partial charge on any atom is 0.262 e. The Labute approximate surface area is 158 Å². The number of unbranched alkanes of at least 4 members (excludes halogenated alkanes) is 1. The van der Waals surface area contributed by atoms with E-state index in [1.807, 2.05) is 0 Å². The monoisotopic (exact) mass is 366 g/mol. The van der Waals surface area contributed by atoms with Crippen LogP contribution < -0.4 is 10.1 Å². The minimum atomic E-state index is -0.919. The molecule has 1 heterocycles. The number of nitrogens with one attached hydrogen (secondary N) is 1. The Morgan fingerprint density at radius 3 is 2.19 bits per heavy atom. The van der Waals surface area contributed by atoms with Gasteiger partial charge in [0.15, 0.2) is 0 Å². The highest BCUT2D eigenvalue weighted by molar-refractivity contribution is 6.23. The summed E-state index contributed by atoms with van der Waals surface area (Å²) in [7, 11) is 0. The Kier molecular flexibility index (Phi) is 5.54. The van der Waals surface area contributed by atoms with Crippen LogP contribution in [0.3, 0.4) is 0 Å². The Morgan fingerprint density at radius 1 is 1.04 bits per heavy atom. The van der Waals surface area contributed by atoms with Crippen LogP contribution in [0.15, 0.2) is 48.5 Å². The second-order valence-electron chi connectivity index (χ2n) is 6.42. The van der Waals surface area contributed by atoms with Gasteiger partial charge in [0, 0.05) is 5.69 Å². The zero-order valence-electron chi connectivity index (χ0n) is 15.4. The second-order valence-corrected chi connectivity index (χ2v) is 6.42. The molecular formula is C21H22N2O4. The van der Waals surface area contributed by atoms with Crippen LogP contribution in [0.1, 0.15) is 47.4 Å². The fourth-order valence-electron chi connectivity index (χ4n) is 2.89. The van der Waals surface area contributed by atoms with Crippen molar-refractivity contribution >= 4 is 23.4 Å². The molecule has 27 heavy (non-hydrogen) atoms. The molecule has 0 radical (unpaired) electrons. The molecule has 1 unspecified atom stereocenters. The van der Waals surface area contributed by atoms with Crippen molar-refractivity contribution in [2.75, 3.05) is 11.9 Å². The van der Waals surface area contributed by atoms with Crippen molar-refractivity contribution in [3.05, 3.63) is 59.7 Å². The third-order valence-corrected chi connectivity index (χ3v) is 4.48. The molecule has 1 N–H and O–H groups in total. The molecule has 1 atom stereocenters. The van der Waals surface area contributed by atoms with Crippen LogP contribution in [-0.4, -0.2) is 35.3 Å². The van der Waals surface area contributed by atoms with Gasteiger partial charge in [-0.05, 0) is 49.7 Å². The number of benzene rings is 2. The zero-order valence-corrected chi connectivity index (χ0v) is 15.4. The topological polar surface area (TPSA) is 75.7 Å². The summed E-state index contributed by atoms with van der Waals surface area (Å²) in [6, 6.07) is 12.7. The Morgan fingerprint density at radius 2 is 1.63 bits per heavy atom. The number of imide groups is 1. The van der Waals surface area contributed by atoms with Crippen molar-refractivity contribution in [1.29, 1.82) is 0 Å². The Hall–Kier alpha value is -3.15. The van der Waals surface area contributed by atoms with E-state index < -0.39 is 23.8 Å². The van der Waals surface area contributed by atoms with Crippen LogP contribution in [0.4, 0.5) is 5.69 Å². The summed E-state index contributed by atoms with van der Waals surface area (Å²) in [6.45, 7) is 4.29. The minimum Gasteiger partial charge on any atom is -0.494 e. The van der Waals surface area contributed by atoms with Gasteiger partial charge in [0.1, 0.15) is 11.8 Å². The second kappa shape index (κ2) is 8.03. The molecule has 3 amide bonds.